The molecule has 1 aliphatic rings. The summed E-state index contributed by atoms with van der Waals surface area (Å²) in [5, 5.41) is -0.674. The molecule has 0 spiro atoms. The van der Waals surface area contributed by atoms with Gasteiger partial charge in [0, 0.05) is 12.2 Å². The Balaban J connectivity index is 1.93. The summed E-state index contributed by atoms with van der Waals surface area (Å²) in [6, 6.07) is 7.24. The smallest absolute Gasteiger partial charge is 0.262 e. The van der Waals surface area contributed by atoms with Crippen molar-refractivity contribution in [2.75, 3.05) is 11.4 Å². The van der Waals surface area contributed by atoms with Gasteiger partial charge in [0.1, 0.15) is 5.76 Å². The van der Waals surface area contributed by atoms with Gasteiger partial charge in [-0.3, -0.25) is 4.79 Å². The number of halogens is 4. The molecule has 0 atom stereocenters. The van der Waals surface area contributed by atoms with Gasteiger partial charge >= 0.3 is 0 Å². The van der Waals surface area contributed by atoms with Gasteiger partial charge in [-0.25, -0.2) is 13.2 Å². The number of carbonyl (C=O) groups is 1. The molecule has 0 bridgehead atoms. The van der Waals surface area contributed by atoms with E-state index in [1.807, 2.05) is 12.1 Å². The molecule has 26 heavy (non-hydrogen) atoms. The number of amides is 1. The second-order valence-corrected chi connectivity index (χ2v) is 6.18. The van der Waals surface area contributed by atoms with Crippen LogP contribution >= 0.6 is 0 Å². The van der Waals surface area contributed by atoms with Crippen LogP contribution in [0.1, 0.15) is 28.1 Å². The molecule has 7 heteroatoms. The van der Waals surface area contributed by atoms with E-state index in [9.17, 15) is 22.4 Å². The number of aryl methyl sites for hydroxylation is 2. The third-order valence-corrected chi connectivity index (χ3v) is 4.65. The Bertz CT molecular complexity index is 1060. The summed E-state index contributed by atoms with van der Waals surface area (Å²) in [6.07, 6.45) is 1.48. The number of carbonyl (C=O) groups excluding carboxylic acids is 1. The Morgan fingerprint density at radius 1 is 1.04 bits per heavy atom. The Morgan fingerprint density at radius 3 is 2.50 bits per heavy atom. The van der Waals surface area contributed by atoms with Crippen LogP contribution in [0.5, 0.6) is 0 Å². The number of hydrogen-bond donors (Lipinski definition) is 0. The van der Waals surface area contributed by atoms with Crippen molar-refractivity contribution in [3.8, 4) is 0 Å². The Kier molecular flexibility index (Phi) is 3.75. The molecule has 0 aliphatic carbocycles. The van der Waals surface area contributed by atoms with Crippen LogP contribution in [0.3, 0.4) is 0 Å². The molecule has 0 fully saturated rings. The van der Waals surface area contributed by atoms with Crippen LogP contribution in [0.4, 0.5) is 23.2 Å². The minimum Gasteiger partial charge on any atom is -0.457 e. The second-order valence-electron chi connectivity index (χ2n) is 6.18. The molecule has 2 aromatic carbocycles. The molecule has 1 amide bonds. The summed E-state index contributed by atoms with van der Waals surface area (Å²) in [6.45, 7) is 1.70. The minimum absolute atomic E-state index is 0.101. The minimum atomic E-state index is -1.97. The topological polar surface area (TPSA) is 33.5 Å². The lowest BCUT2D eigenvalue weighted by molar-refractivity contribution is 0.0984. The van der Waals surface area contributed by atoms with Crippen molar-refractivity contribution in [3.05, 3.63) is 64.4 Å². The number of benzene rings is 2. The average Bonchev–Trinajstić information content (AvgIpc) is 3.01. The van der Waals surface area contributed by atoms with Gasteiger partial charge < -0.3 is 9.32 Å². The molecule has 0 radical (unpaired) electrons. The molecular weight excluding hydrogens is 350 g/mol. The van der Waals surface area contributed by atoms with E-state index in [0.717, 1.165) is 12.0 Å². The van der Waals surface area contributed by atoms with Crippen molar-refractivity contribution in [2.45, 2.75) is 19.8 Å². The maximum atomic E-state index is 14.3. The van der Waals surface area contributed by atoms with E-state index in [4.69, 9.17) is 4.42 Å². The lowest BCUT2D eigenvalue weighted by atomic mass is 10.00. The zero-order valence-electron chi connectivity index (χ0n) is 13.7. The number of furan rings is 1. The summed E-state index contributed by atoms with van der Waals surface area (Å²) < 4.78 is 60.5. The van der Waals surface area contributed by atoms with E-state index < -0.39 is 40.1 Å². The fourth-order valence-corrected chi connectivity index (χ4v) is 3.45. The number of anilines is 1. The monoisotopic (exact) mass is 363 g/mol. The summed E-state index contributed by atoms with van der Waals surface area (Å²) in [7, 11) is 0. The summed E-state index contributed by atoms with van der Waals surface area (Å²) in [5.74, 6) is -7.96. The van der Waals surface area contributed by atoms with Crippen LogP contribution in [0, 0.1) is 30.2 Å². The maximum Gasteiger partial charge on any atom is 0.262 e. The highest BCUT2D eigenvalue weighted by molar-refractivity contribution is 6.15. The molecule has 4 rings (SSSR count). The van der Waals surface area contributed by atoms with Crippen molar-refractivity contribution in [1.82, 2.24) is 0 Å². The van der Waals surface area contributed by atoms with Crippen molar-refractivity contribution in [2.24, 2.45) is 0 Å². The first-order valence-electron chi connectivity index (χ1n) is 8.06. The SMILES string of the molecule is Cc1oc2c(F)c(F)c(F)c(F)c2c1C(=O)N1CCCc2ccccc21. The van der Waals surface area contributed by atoms with Gasteiger partial charge in [-0.2, -0.15) is 4.39 Å². The van der Waals surface area contributed by atoms with E-state index in [0.29, 0.717) is 18.7 Å². The Morgan fingerprint density at radius 2 is 1.73 bits per heavy atom. The lowest BCUT2D eigenvalue weighted by Gasteiger charge is -2.29. The summed E-state index contributed by atoms with van der Waals surface area (Å²) in [5.41, 5.74) is 0.502. The lowest BCUT2D eigenvalue weighted by Crippen LogP contribution is -2.35. The number of rotatable bonds is 1. The third kappa shape index (κ3) is 2.23. The van der Waals surface area contributed by atoms with Crippen LogP contribution in [-0.2, 0) is 6.42 Å². The second kappa shape index (κ2) is 5.86. The molecule has 0 saturated heterocycles. The van der Waals surface area contributed by atoms with Gasteiger partial charge in [0.05, 0.1) is 10.9 Å². The molecule has 3 aromatic rings. The molecule has 0 saturated carbocycles. The number of para-hydroxylation sites is 1. The highest BCUT2D eigenvalue weighted by Gasteiger charge is 2.33. The van der Waals surface area contributed by atoms with Gasteiger partial charge in [-0.05, 0) is 31.4 Å². The van der Waals surface area contributed by atoms with Gasteiger partial charge in [0.15, 0.2) is 17.2 Å². The summed E-state index contributed by atoms with van der Waals surface area (Å²) >= 11 is 0. The van der Waals surface area contributed by atoms with Gasteiger partial charge in [0.25, 0.3) is 5.91 Å². The first-order valence-corrected chi connectivity index (χ1v) is 8.06. The fourth-order valence-electron chi connectivity index (χ4n) is 3.45. The normalized spacial score (nSPS) is 14.0. The van der Waals surface area contributed by atoms with E-state index in [1.54, 1.807) is 12.1 Å². The molecule has 134 valence electrons. The molecule has 0 N–H and O–H groups in total. The zero-order valence-corrected chi connectivity index (χ0v) is 13.7. The highest BCUT2D eigenvalue weighted by Crippen LogP contribution is 2.36. The van der Waals surface area contributed by atoms with Crippen LogP contribution in [0.15, 0.2) is 28.7 Å². The van der Waals surface area contributed by atoms with Gasteiger partial charge in [0.2, 0.25) is 11.6 Å². The first-order chi connectivity index (χ1) is 12.4. The quantitative estimate of drug-likeness (QED) is 0.350. The van der Waals surface area contributed by atoms with Crippen LogP contribution in [0.25, 0.3) is 11.0 Å². The standard InChI is InChI=1S/C19H13F4NO2/c1-9-12(13-14(20)15(21)16(22)17(23)18(13)26-9)19(25)24-8-4-6-10-5-2-3-7-11(10)24/h2-3,5,7H,4,6,8H2,1H3. The number of fused-ring (bicyclic) bond motifs is 2. The molecular formula is C19H13F4NO2. The molecule has 2 heterocycles. The molecule has 1 aromatic heterocycles. The number of nitrogens with zero attached hydrogens (tertiary/aromatic N) is 1. The molecule has 1 aliphatic heterocycles. The van der Waals surface area contributed by atoms with Crippen molar-refractivity contribution in [3.63, 3.8) is 0 Å². The van der Waals surface area contributed by atoms with Crippen LogP contribution in [-0.4, -0.2) is 12.5 Å². The Hall–Kier alpha value is -2.83. The third-order valence-electron chi connectivity index (χ3n) is 4.65. The van der Waals surface area contributed by atoms with Gasteiger partial charge in [-0.1, -0.05) is 18.2 Å². The summed E-state index contributed by atoms with van der Waals surface area (Å²) in [4.78, 5) is 14.5. The zero-order chi connectivity index (χ0) is 18.6. The van der Waals surface area contributed by atoms with Crippen LogP contribution in [0.2, 0.25) is 0 Å². The highest BCUT2D eigenvalue weighted by atomic mass is 19.2. The van der Waals surface area contributed by atoms with Crippen LogP contribution < -0.4 is 4.90 Å². The van der Waals surface area contributed by atoms with Crippen molar-refractivity contribution in [1.29, 1.82) is 0 Å². The number of hydrogen-bond acceptors (Lipinski definition) is 2. The first kappa shape index (κ1) is 16.6. The van der Waals surface area contributed by atoms with Gasteiger partial charge in [-0.15, -0.1) is 0 Å². The molecule has 3 nitrogen and oxygen atoms in total. The predicted octanol–water partition coefficient (Wildman–Crippen LogP) is 4.89. The van der Waals surface area contributed by atoms with E-state index in [1.165, 1.54) is 11.8 Å². The van der Waals surface area contributed by atoms with E-state index in [2.05, 4.69) is 0 Å². The van der Waals surface area contributed by atoms with Crippen molar-refractivity contribution < 1.29 is 26.8 Å². The van der Waals surface area contributed by atoms with E-state index in [-0.39, 0.29) is 11.3 Å². The Labute approximate surface area is 145 Å². The van der Waals surface area contributed by atoms with E-state index >= 15 is 0 Å². The van der Waals surface area contributed by atoms with Crippen molar-refractivity contribution >= 4 is 22.6 Å². The molecule has 0 unspecified atom stereocenters. The maximum absolute atomic E-state index is 14.3. The fraction of sp³-hybridized carbons (Fsp3) is 0.211. The predicted molar refractivity (Wildman–Crippen MR) is 87.2 cm³/mol. The average molecular weight is 363 g/mol. The largest absolute Gasteiger partial charge is 0.457 e.